The van der Waals surface area contributed by atoms with Crippen molar-refractivity contribution in [3.8, 4) is 11.3 Å². The van der Waals surface area contributed by atoms with E-state index >= 15 is 0 Å². The highest BCUT2D eigenvalue weighted by molar-refractivity contribution is 5.84. The van der Waals surface area contributed by atoms with Crippen LogP contribution in [0.2, 0.25) is 0 Å². The first kappa shape index (κ1) is 15.0. The van der Waals surface area contributed by atoms with Crippen LogP contribution in [-0.2, 0) is 0 Å². The molecule has 0 aliphatic heterocycles. The number of hydrogen-bond acceptors (Lipinski definition) is 5. The highest BCUT2D eigenvalue weighted by Gasteiger charge is 2.07. The van der Waals surface area contributed by atoms with Gasteiger partial charge in [-0.15, -0.1) is 0 Å². The lowest BCUT2D eigenvalue weighted by Crippen LogP contribution is -1.98. The largest absolute Gasteiger partial charge is 0.345 e. The molecular formula is C20H15N5. The minimum absolute atomic E-state index is 0.562. The molecule has 0 amide bonds. The van der Waals surface area contributed by atoms with Crippen LogP contribution in [0.15, 0.2) is 79.4 Å². The standard InChI is InChI=1S/C20H15N5/c1-3-7-15(8-4-1)11-12-21-19-18-20(24-14-23-19)25-17(13-22-18)16-9-5-2-6-10-16/h1-14H,(H,21,23,24,25)/b12-11+. The van der Waals surface area contributed by atoms with Crippen molar-refractivity contribution in [3.05, 3.63) is 85.0 Å². The summed E-state index contributed by atoms with van der Waals surface area (Å²) in [6.07, 6.45) is 7.04. The summed E-state index contributed by atoms with van der Waals surface area (Å²) in [7, 11) is 0. The van der Waals surface area contributed by atoms with Crippen molar-refractivity contribution in [2.45, 2.75) is 0 Å². The fourth-order valence-electron chi connectivity index (χ4n) is 2.47. The van der Waals surface area contributed by atoms with E-state index < -0.39 is 0 Å². The van der Waals surface area contributed by atoms with E-state index in [0.717, 1.165) is 16.8 Å². The van der Waals surface area contributed by atoms with Gasteiger partial charge in [0, 0.05) is 11.8 Å². The van der Waals surface area contributed by atoms with Gasteiger partial charge in [0.2, 0.25) is 0 Å². The van der Waals surface area contributed by atoms with Crippen LogP contribution in [-0.4, -0.2) is 19.9 Å². The van der Waals surface area contributed by atoms with Crippen molar-refractivity contribution >= 4 is 23.1 Å². The minimum atomic E-state index is 0.562. The van der Waals surface area contributed by atoms with E-state index in [2.05, 4.69) is 25.3 Å². The van der Waals surface area contributed by atoms with Crippen LogP contribution < -0.4 is 5.32 Å². The molecule has 5 nitrogen and oxygen atoms in total. The Labute approximate surface area is 145 Å². The second kappa shape index (κ2) is 6.88. The van der Waals surface area contributed by atoms with Gasteiger partial charge in [0.1, 0.15) is 6.33 Å². The molecule has 0 radical (unpaired) electrons. The van der Waals surface area contributed by atoms with Gasteiger partial charge < -0.3 is 5.32 Å². The molecule has 0 spiro atoms. The van der Waals surface area contributed by atoms with Gasteiger partial charge in [-0.2, -0.15) is 0 Å². The predicted molar refractivity (Wildman–Crippen MR) is 99.7 cm³/mol. The zero-order chi connectivity index (χ0) is 16.9. The lowest BCUT2D eigenvalue weighted by atomic mass is 10.2. The summed E-state index contributed by atoms with van der Waals surface area (Å²) in [6, 6.07) is 20.0. The zero-order valence-electron chi connectivity index (χ0n) is 13.4. The van der Waals surface area contributed by atoms with Gasteiger partial charge in [0.05, 0.1) is 11.9 Å². The summed E-state index contributed by atoms with van der Waals surface area (Å²) < 4.78 is 0. The Morgan fingerprint density at radius 1 is 0.800 bits per heavy atom. The smallest absolute Gasteiger partial charge is 0.184 e. The van der Waals surface area contributed by atoms with Crippen LogP contribution in [0, 0.1) is 0 Å². The van der Waals surface area contributed by atoms with Gasteiger partial charge in [-0.25, -0.2) is 19.9 Å². The molecule has 25 heavy (non-hydrogen) atoms. The van der Waals surface area contributed by atoms with Crippen LogP contribution in [0.25, 0.3) is 28.5 Å². The van der Waals surface area contributed by atoms with E-state index in [1.165, 1.54) is 6.33 Å². The number of anilines is 1. The fourth-order valence-corrected chi connectivity index (χ4v) is 2.47. The van der Waals surface area contributed by atoms with E-state index in [-0.39, 0.29) is 0 Å². The number of hydrogen-bond donors (Lipinski definition) is 1. The normalized spacial score (nSPS) is 11.0. The maximum atomic E-state index is 4.59. The Kier molecular flexibility index (Phi) is 4.12. The summed E-state index contributed by atoms with van der Waals surface area (Å²) in [6.45, 7) is 0. The van der Waals surface area contributed by atoms with Crippen molar-refractivity contribution < 1.29 is 0 Å². The molecule has 4 aromatic rings. The lowest BCUT2D eigenvalue weighted by molar-refractivity contribution is 1.15. The van der Waals surface area contributed by atoms with Crippen molar-refractivity contribution in [3.63, 3.8) is 0 Å². The number of nitrogens with zero attached hydrogens (tertiary/aromatic N) is 4. The van der Waals surface area contributed by atoms with Crippen molar-refractivity contribution in [2.75, 3.05) is 5.32 Å². The third-order valence-corrected chi connectivity index (χ3v) is 3.71. The van der Waals surface area contributed by atoms with Gasteiger partial charge in [-0.1, -0.05) is 60.7 Å². The minimum Gasteiger partial charge on any atom is -0.345 e. The molecule has 4 rings (SSSR count). The molecule has 0 unspecified atom stereocenters. The molecule has 0 atom stereocenters. The molecule has 2 aromatic carbocycles. The van der Waals surface area contributed by atoms with Crippen molar-refractivity contribution in [1.29, 1.82) is 0 Å². The van der Waals surface area contributed by atoms with E-state index in [1.54, 1.807) is 6.20 Å². The van der Waals surface area contributed by atoms with Gasteiger partial charge in [0.15, 0.2) is 17.0 Å². The average molecular weight is 325 g/mol. The summed E-state index contributed by atoms with van der Waals surface area (Å²) in [5.41, 5.74) is 4.10. The molecule has 120 valence electrons. The monoisotopic (exact) mass is 325 g/mol. The van der Waals surface area contributed by atoms with E-state index in [9.17, 15) is 0 Å². The molecule has 5 heteroatoms. The third kappa shape index (κ3) is 3.35. The number of rotatable bonds is 4. The Hall–Kier alpha value is -3.60. The fraction of sp³-hybridized carbons (Fsp3) is 0. The first-order chi connectivity index (χ1) is 12.4. The molecule has 0 aliphatic carbocycles. The molecule has 0 fully saturated rings. The average Bonchev–Trinajstić information content (AvgIpc) is 2.69. The summed E-state index contributed by atoms with van der Waals surface area (Å²) in [4.78, 5) is 17.6. The van der Waals surface area contributed by atoms with E-state index in [4.69, 9.17) is 0 Å². The van der Waals surface area contributed by atoms with E-state index in [0.29, 0.717) is 17.0 Å². The summed E-state index contributed by atoms with van der Waals surface area (Å²) >= 11 is 0. The van der Waals surface area contributed by atoms with Crippen LogP contribution in [0.1, 0.15) is 5.56 Å². The van der Waals surface area contributed by atoms with Gasteiger partial charge in [-0.05, 0) is 11.6 Å². The predicted octanol–water partition coefficient (Wildman–Crippen LogP) is 4.17. The second-order valence-electron chi connectivity index (χ2n) is 5.40. The Morgan fingerprint density at radius 3 is 2.36 bits per heavy atom. The molecule has 0 bridgehead atoms. The van der Waals surface area contributed by atoms with Crippen LogP contribution in [0.5, 0.6) is 0 Å². The maximum Gasteiger partial charge on any atom is 0.184 e. The summed E-state index contributed by atoms with van der Waals surface area (Å²) in [5, 5.41) is 3.16. The van der Waals surface area contributed by atoms with Gasteiger partial charge >= 0.3 is 0 Å². The number of aromatic nitrogens is 4. The maximum absolute atomic E-state index is 4.59. The van der Waals surface area contributed by atoms with E-state index in [1.807, 2.05) is 72.9 Å². The van der Waals surface area contributed by atoms with Crippen molar-refractivity contribution in [1.82, 2.24) is 19.9 Å². The molecule has 2 aromatic heterocycles. The van der Waals surface area contributed by atoms with Crippen LogP contribution in [0.3, 0.4) is 0 Å². The zero-order valence-corrected chi connectivity index (χ0v) is 13.4. The third-order valence-electron chi connectivity index (χ3n) is 3.71. The van der Waals surface area contributed by atoms with Gasteiger partial charge in [0.25, 0.3) is 0 Å². The topological polar surface area (TPSA) is 63.6 Å². The Morgan fingerprint density at radius 2 is 1.56 bits per heavy atom. The Bertz CT molecular complexity index is 1010. The number of benzene rings is 2. The lowest BCUT2D eigenvalue weighted by Gasteiger charge is -2.05. The van der Waals surface area contributed by atoms with Gasteiger partial charge in [-0.3, -0.25) is 0 Å². The molecule has 0 saturated heterocycles. The first-order valence-electron chi connectivity index (χ1n) is 7.91. The SMILES string of the molecule is C(=C\c1ccccc1)/Nc1ncnc2nc(-c3ccccc3)cnc12. The number of fused-ring (bicyclic) bond motifs is 1. The quantitative estimate of drug-likeness (QED) is 0.610. The first-order valence-corrected chi connectivity index (χ1v) is 7.91. The van der Waals surface area contributed by atoms with Crippen LogP contribution in [0.4, 0.5) is 5.82 Å². The molecule has 0 saturated carbocycles. The summed E-state index contributed by atoms with van der Waals surface area (Å²) in [5.74, 6) is 0.629. The highest BCUT2D eigenvalue weighted by Crippen LogP contribution is 2.20. The molecular weight excluding hydrogens is 310 g/mol. The molecule has 2 heterocycles. The highest BCUT2D eigenvalue weighted by atomic mass is 15.0. The second-order valence-corrected chi connectivity index (χ2v) is 5.40. The van der Waals surface area contributed by atoms with Crippen molar-refractivity contribution in [2.24, 2.45) is 0 Å². The molecule has 0 aliphatic rings. The number of nitrogens with one attached hydrogen (secondary N) is 1. The van der Waals surface area contributed by atoms with Crippen LogP contribution >= 0.6 is 0 Å². The Balaban J connectivity index is 1.63. The molecule has 1 N–H and O–H groups in total.